The first kappa shape index (κ1) is 14.2. The fourth-order valence-electron chi connectivity index (χ4n) is 1.50. The number of hydrogen-bond donors (Lipinski definition) is 1. The summed E-state index contributed by atoms with van der Waals surface area (Å²) in [6.07, 6.45) is 1.31. The van der Waals surface area contributed by atoms with E-state index in [2.05, 4.69) is 9.97 Å². The maximum absolute atomic E-state index is 11.2. The number of nitro groups is 1. The van der Waals surface area contributed by atoms with Gasteiger partial charge in [0.2, 0.25) is 0 Å². The number of nitrogens with zero attached hydrogens (tertiary/aromatic N) is 3. The maximum atomic E-state index is 11.2. The molecule has 0 unspecified atom stereocenters. The van der Waals surface area contributed by atoms with Gasteiger partial charge in [0.25, 0.3) is 5.69 Å². The molecule has 1 N–H and O–H groups in total. The molecule has 7 nitrogen and oxygen atoms in total. The lowest BCUT2D eigenvalue weighted by atomic mass is 10.2. The first-order chi connectivity index (χ1) is 9.31. The van der Waals surface area contributed by atoms with Gasteiger partial charge < -0.3 is 5.11 Å². The van der Waals surface area contributed by atoms with Crippen LogP contribution in [0.1, 0.15) is 13.8 Å². The standard InChI is InChI=1S/C12H11N3O4S/c1-12(2,11(16)17)20-10-8-5-7(15(18)19)3-4-9(8)13-6-14-10/h3-6H,1-2H3,(H,16,17). The predicted molar refractivity (Wildman–Crippen MR) is 73.8 cm³/mol. The molecule has 8 heteroatoms. The lowest BCUT2D eigenvalue weighted by molar-refractivity contribution is -0.384. The van der Waals surface area contributed by atoms with E-state index in [1.54, 1.807) is 13.8 Å². The second kappa shape index (κ2) is 5.04. The Morgan fingerprint density at radius 1 is 1.40 bits per heavy atom. The molecule has 20 heavy (non-hydrogen) atoms. The normalized spacial score (nSPS) is 11.5. The highest BCUT2D eigenvalue weighted by Gasteiger charge is 2.30. The van der Waals surface area contributed by atoms with Crippen molar-refractivity contribution in [2.45, 2.75) is 23.6 Å². The summed E-state index contributed by atoms with van der Waals surface area (Å²) in [6.45, 7) is 3.09. The van der Waals surface area contributed by atoms with Crippen LogP contribution in [0.2, 0.25) is 0 Å². The first-order valence-electron chi connectivity index (χ1n) is 5.63. The van der Waals surface area contributed by atoms with Crippen molar-refractivity contribution >= 4 is 34.3 Å². The summed E-state index contributed by atoms with van der Waals surface area (Å²) in [5.41, 5.74) is 0.455. The Labute approximate surface area is 118 Å². The first-order valence-corrected chi connectivity index (χ1v) is 6.44. The summed E-state index contributed by atoms with van der Waals surface area (Å²) >= 11 is 1.03. The number of benzene rings is 1. The third-order valence-electron chi connectivity index (χ3n) is 2.66. The summed E-state index contributed by atoms with van der Waals surface area (Å²) < 4.78 is -1.09. The van der Waals surface area contributed by atoms with Crippen LogP contribution >= 0.6 is 11.8 Å². The number of thioether (sulfide) groups is 1. The Bertz CT molecular complexity index is 702. The number of non-ortho nitro benzene ring substituents is 1. The summed E-state index contributed by atoms with van der Waals surface area (Å²) in [4.78, 5) is 29.5. The number of aliphatic carboxylic acids is 1. The molecule has 0 atom stereocenters. The summed E-state index contributed by atoms with van der Waals surface area (Å²) in [6, 6.07) is 4.23. The number of carboxylic acid groups (broad SMARTS) is 1. The molecule has 0 amide bonds. The molecule has 1 heterocycles. The van der Waals surface area contributed by atoms with Gasteiger partial charge in [-0.2, -0.15) is 0 Å². The van der Waals surface area contributed by atoms with Crippen LogP contribution in [-0.4, -0.2) is 30.7 Å². The molecular weight excluding hydrogens is 282 g/mol. The van der Waals surface area contributed by atoms with E-state index in [4.69, 9.17) is 5.11 Å². The van der Waals surface area contributed by atoms with E-state index in [0.717, 1.165) is 11.8 Å². The number of carbonyl (C=O) groups is 1. The van der Waals surface area contributed by atoms with Crippen molar-refractivity contribution in [3.8, 4) is 0 Å². The highest BCUT2D eigenvalue weighted by atomic mass is 32.2. The summed E-state index contributed by atoms with van der Waals surface area (Å²) in [5.74, 6) is -0.986. The summed E-state index contributed by atoms with van der Waals surface area (Å²) in [7, 11) is 0. The number of fused-ring (bicyclic) bond motifs is 1. The average Bonchev–Trinajstić information content (AvgIpc) is 2.38. The van der Waals surface area contributed by atoms with Crippen molar-refractivity contribution in [3.63, 3.8) is 0 Å². The van der Waals surface area contributed by atoms with E-state index in [1.807, 2.05) is 0 Å². The van der Waals surface area contributed by atoms with Crippen molar-refractivity contribution in [3.05, 3.63) is 34.6 Å². The molecule has 0 aliphatic carbocycles. The number of hydrogen-bond acceptors (Lipinski definition) is 6. The van der Waals surface area contributed by atoms with E-state index in [1.165, 1.54) is 24.5 Å². The van der Waals surface area contributed by atoms with Gasteiger partial charge in [-0.25, -0.2) is 9.97 Å². The Morgan fingerprint density at radius 2 is 2.10 bits per heavy atom. The van der Waals surface area contributed by atoms with E-state index in [0.29, 0.717) is 15.9 Å². The van der Waals surface area contributed by atoms with E-state index < -0.39 is 15.6 Å². The predicted octanol–water partition coefficient (Wildman–Crippen LogP) is 2.49. The molecule has 0 saturated carbocycles. The quantitative estimate of drug-likeness (QED) is 0.399. The Morgan fingerprint density at radius 3 is 2.70 bits per heavy atom. The molecule has 0 fully saturated rings. The highest BCUT2D eigenvalue weighted by Crippen LogP contribution is 2.35. The minimum Gasteiger partial charge on any atom is -0.480 e. The summed E-state index contributed by atoms with van der Waals surface area (Å²) in [5, 5.41) is 20.8. The van der Waals surface area contributed by atoms with Crippen molar-refractivity contribution in [2.24, 2.45) is 0 Å². The van der Waals surface area contributed by atoms with Gasteiger partial charge in [-0.05, 0) is 19.9 Å². The topological polar surface area (TPSA) is 106 Å². The zero-order valence-corrected chi connectivity index (χ0v) is 11.5. The molecule has 1 aromatic carbocycles. The molecule has 2 aromatic rings. The van der Waals surface area contributed by atoms with Gasteiger partial charge >= 0.3 is 5.97 Å². The van der Waals surface area contributed by atoms with Gasteiger partial charge in [-0.3, -0.25) is 14.9 Å². The largest absolute Gasteiger partial charge is 0.480 e. The van der Waals surface area contributed by atoms with Gasteiger partial charge in [0.05, 0.1) is 10.4 Å². The fourth-order valence-corrected chi connectivity index (χ4v) is 2.45. The van der Waals surface area contributed by atoms with Crippen molar-refractivity contribution in [2.75, 3.05) is 0 Å². The lowest BCUT2D eigenvalue weighted by Crippen LogP contribution is -2.27. The number of aromatic nitrogens is 2. The zero-order valence-electron chi connectivity index (χ0n) is 10.7. The smallest absolute Gasteiger partial charge is 0.319 e. The minimum atomic E-state index is -1.09. The van der Waals surface area contributed by atoms with Crippen molar-refractivity contribution in [1.29, 1.82) is 0 Å². The van der Waals surface area contributed by atoms with Gasteiger partial charge in [-0.1, -0.05) is 11.8 Å². The second-order valence-electron chi connectivity index (χ2n) is 4.55. The van der Waals surface area contributed by atoms with Crippen LogP contribution in [0.15, 0.2) is 29.6 Å². The average molecular weight is 293 g/mol. The van der Waals surface area contributed by atoms with Crippen molar-refractivity contribution < 1.29 is 14.8 Å². The highest BCUT2D eigenvalue weighted by molar-refractivity contribution is 8.01. The molecular formula is C12H11N3O4S. The molecule has 0 radical (unpaired) electrons. The third kappa shape index (κ3) is 2.69. The molecule has 0 aliphatic heterocycles. The molecule has 0 aliphatic rings. The van der Waals surface area contributed by atoms with Crippen LogP contribution in [0.3, 0.4) is 0 Å². The Kier molecular flexibility index (Phi) is 3.58. The van der Waals surface area contributed by atoms with Crippen LogP contribution in [0.5, 0.6) is 0 Å². The lowest BCUT2D eigenvalue weighted by Gasteiger charge is -2.18. The Hall–Kier alpha value is -2.22. The monoisotopic (exact) mass is 293 g/mol. The number of rotatable bonds is 4. The van der Waals surface area contributed by atoms with E-state index >= 15 is 0 Å². The minimum absolute atomic E-state index is 0.0812. The van der Waals surface area contributed by atoms with Gasteiger partial charge in [-0.15, -0.1) is 0 Å². The van der Waals surface area contributed by atoms with Crippen LogP contribution in [-0.2, 0) is 4.79 Å². The van der Waals surface area contributed by atoms with Crippen LogP contribution < -0.4 is 0 Å². The fraction of sp³-hybridized carbons (Fsp3) is 0.250. The van der Waals surface area contributed by atoms with Crippen molar-refractivity contribution in [1.82, 2.24) is 9.97 Å². The van der Waals surface area contributed by atoms with Crippen LogP contribution in [0.25, 0.3) is 10.9 Å². The van der Waals surface area contributed by atoms with E-state index in [9.17, 15) is 14.9 Å². The number of nitro benzene ring substituents is 1. The molecule has 1 aromatic heterocycles. The van der Waals surface area contributed by atoms with Crippen LogP contribution in [0.4, 0.5) is 5.69 Å². The zero-order chi connectivity index (χ0) is 14.9. The van der Waals surface area contributed by atoms with Gasteiger partial charge in [0, 0.05) is 17.5 Å². The Balaban J connectivity index is 2.55. The molecule has 0 spiro atoms. The molecule has 104 valence electrons. The van der Waals surface area contributed by atoms with Gasteiger partial charge in [0.15, 0.2) is 0 Å². The molecule has 0 bridgehead atoms. The number of carboxylic acids is 1. The molecule has 0 saturated heterocycles. The van der Waals surface area contributed by atoms with E-state index in [-0.39, 0.29) is 5.69 Å². The van der Waals surface area contributed by atoms with Gasteiger partial charge in [0.1, 0.15) is 16.1 Å². The third-order valence-corrected chi connectivity index (χ3v) is 3.86. The molecule has 2 rings (SSSR count). The SMILES string of the molecule is CC(C)(Sc1ncnc2ccc([N+](=O)[O-])cc12)C(=O)O. The van der Waals surface area contributed by atoms with Crippen LogP contribution in [0, 0.1) is 10.1 Å². The maximum Gasteiger partial charge on any atom is 0.319 e. The second-order valence-corrected chi connectivity index (χ2v) is 6.17.